The molecule has 0 saturated heterocycles. The van der Waals surface area contributed by atoms with E-state index in [4.69, 9.17) is 10.2 Å². The maximum atomic E-state index is 14.0. The van der Waals surface area contributed by atoms with Crippen molar-refractivity contribution in [1.82, 2.24) is 19.8 Å². The van der Waals surface area contributed by atoms with Crippen molar-refractivity contribution in [3.63, 3.8) is 0 Å². The third kappa shape index (κ3) is 5.15. The van der Waals surface area contributed by atoms with Gasteiger partial charge in [0.05, 0.1) is 34.9 Å². The van der Waals surface area contributed by atoms with E-state index in [-0.39, 0.29) is 17.0 Å². The molecule has 1 amide bonds. The number of amides is 1. The van der Waals surface area contributed by atoms with Crippen molar-refractivity contribution in [3.05, 3.63) is 137 Å². The highest BCUT2D eigenvalue weighted by atomic mass is 16.4. The summed E-state index contributed by atoms with van der Waals surface area (Å²) < 4.78 is 1.77. The van der Waals surface area contributed by atoms with Crippen LogP contribution in [0.2, 0.25) is 0 Å². The lowest BCUT2D eigenvalue weighted by Gasteiger charge is -2.22. The lowest BCUT2D eigenvalue weighted by Crippen LogP contribution is -2.27. The molecule has 6 rings (SSSR count). The third-order valence-electron chi connectivity index (χ3n) is 7.20. The van der Waals surface area contributed by atoms with Gasteiger partial charge < -0.3 is 5.11 Å². The lowest BCUT2D eigenvalue weighted by atomic mass is 9.95. The van der Waals surface area contributed by atoms with Gasteiger partial charge in [-0.1, -0.05) is 65.7 Å². The summed E-state index contributed by atoms with van der Waals surface area (Å²) in [6, 6.07) is 25.5. The molecule has 1 unspecified atom stereocenters. The molecule has 1 atom stereocenters. The van der Waals surface area contributed by atoms with Crippen LogP contribution in [0.1, 0.15) is 55.4 Å². The fraction of sp³-hybridized carbons (Fsp3) is 0.121. The molecule has 3 aromatic carbocycles. The maximum Gasteiger partial charge on any atom is 0.335 e. The van der Waals surface area contributed by atoms with Gasteiger partial charge in [0.1, 0.15) is 0 Å². The number of pyridine rings is 1. The average molecular weight is 542 g/mol. The zero-order valence-corrected chi connectivity index (χ0v) is 22.6. The summed E-state index contributed by atoms with van der Waals surface area (Å²) in [6.45, 7) is 4.05. The Morgan fingerprint density at radius 2 is 1.54 bits per heavy atom. The number of rotatable bonds is 6. The normalized spacial score (nSPS) is 14.6. The molecule has 3 heterocycles. The monoisotopic (exact) mass is 541 g/mol. The van der Waals surface area contributed by atoms with Crippen LogP contribution in [0.15, 0.2) is 109 Å². The summed E-state index contributed by atoms with van der Waals surface area (Å²) in [5.41, 5.74) is 7.49. The predicted octanol–water partition coefficient (Wildman–Crippen LogP) is 6.24. The minimum Gasteiger partial charge on any atom is -0.478 e. The molecule has 8 heteroatoms. The van der Waals surface area contributed by atoms with Gasteiger partial charge in [0, 0.05) is 35.5 Å². The molecule has 0 saturated carbocycles. The van der Waals surface area contributed by atoms with Gasteiger partial charge >= 0.3 is 5.97 Å². The molecule has 2 aromatic heterocycles. The number of hydrogen-bond donors (Lipinski definition) is 1. The highest BCUT2D eigenvalue weighted by molar-refractivity contribution is 6.05. The van der Waals surface area contributed by atoms with E-state index in [2.05, 4.69) is 4.98 Å². The Bertz CT molecular complexity index is 1770. The number of benzene rings is 3. The van der Waals surface area contributed by atoms with Crippen LogP contribution in [0.5, 0.6) is 0 Å². The van der Waals surface area contributed by atoms with Gasteiger partial charge in [-0.2, -0.15) is 10.2 Å². The van der Waals surface area contributed by atoms with Crippen molar-refractivity contribution in [2.45, 2.75) is 26.3 Å². The van der Waals surface area contributed by atoms with Gasteiger partial charge in [0.15, 0.2) is 0 Å². The molecule has 0 aliphatic carbocycles. The maximum absolute atomic E-state index is 14.0. The number of aromatic carboxylic acids is 1. The number of carbonyl (C=O) groups is 2. The van der Waals surface area contributed by atoms with Gasteiger partial charge in [-0.05, 0) is 49.7 Å². The second kappa shape index (κ2) is 10.7. The molecule has 1 aliphatic heterocycles. The Balaban J connectivity index is 1.49. The molecule has 41 heavy (non-hydrogen) atoms. The first kappa shape index (κ1) is 25.9. The zero-order valence-electron chi connectivity index (χ0n) is 22.6. The van der Waals surface area contributed by atoms with Crippen molar-refractivity contribution in [3.8, 4) is 16.9 Å². The molecule has 0 bridgehead atoms. The van der Waals surface area contributed by atoms with Crippen LogP contribution < -0.4 is 0 Å². The van der Waals surface area contributed by atoms with Crippen LogP contribution in [-0.4, -0.2) is 42.5 Å². The Morgan fingerprint density at radius 3 is 2.20 bits per heavy atom. The number of aryl methyl sites for hydroxylation is 2. The molecular weight excluding hydrogens is 514 g/mol. The molecule has 202 valence electrons. The van der Waals surface area contributed by atoms with Crippen molar-refractivity contribution < 1.29 is 14.7 Å². The first-order chi connectivity index (χ1) is 19.9. The largest absolute Gasteiger partial charge is 0.478 e. The molecule has 1 aliphatic rings. The predicted molar refractivity (Wildman–Crippen MR) is 156 cm³/mol. The second-order valence-corrected chi connectivity index (χ2v) is 10.1. The molecule has 8 nitrogen and oxygen atoms in total. The SMILES string of the molecule is Cc1ccc(C2=NN(C(=O)c3cccc(C(=O)O)c3)C(c3cn(-c4cccnc4)nc3-c3ccc(C)cc3)C2)cc1. The zero-order chi connectivity index (χ0) is 28.5. The highest BCUT2D eigenvalue weighted by Crippen LogP contribution is 2.39. The van der Waals surface area contributed by atoms with Crippen LogP contribution in [-0.2, 0) is 0 Å². The lowest BCUT2D eigenvalue weighted by molar-refractivity contribution is 0.0697. The van der Waals surface area contributed by atoms with E-state index in [0.717, 1.165) is 44.9 Å². The van der Waals surface area contributed by atoms with E-state index < -0.39 is 12.0 Å². The molecule has 1 N–H and O–H groups in total. The quantitative estimate of drug-likeness (QED) is 0.274. The Morgan fingerprint density at radius 1 is 0.854 bits per heavy atom. The fourth-order valence-corrected chi connectivity index (χ4v) is 4.97. The first-order valence-corrected chi connectivity index (χ1v) is 13.3. The van der Waals surface area contributed by atoms with Gasteiger partial charge in [0.25, 0.3) is 5.91 Å². The number of carboxylic acid groups (broad SMARTS) is 1. The van der Waals surface area contributed by atoms with E-state index in [1.54, 1.807) is 29.2 Å². The molecule has 0 spiro atoms. The first-order valence-electron chi connectivity index (χ1n) is 13.3. The molecular formula is C33H27N5O3. The van der Waals surface area contributed by atoms with Crippen LogP contribution >= 0.6 is 0 Å². The van der Waals surface area contributed by atoms with Crippen LogP contribution in [0.3, 0.4) is 0 Å². The van der Waals surface area contributed by atoms with Crippen LogP contribution in [0.25, 0.3) is 16.9 Å². The van der Waals surface area contributed by atoms with E-state index >= 15 is 0 Å². The number of hydrogen-bond acceptors (Lipinski definition) is 5. The smallest absolute Gasteiger partial charge is 0.335 e. The second-order valence-electron chi connectivity index (χ2n) is 10.1. The standard InChI is InChI=1S/C33H27N5O3/c1-21-8-12-23(13-9-21)29-18-30(38(35-29)32(39)25-5-3-6-26(17-25)33(40)41)28-20-37(27-7-4-16-34-19-27)36-31(28)24-14-10-22(2)11-15-24/h3-17,19-20,30H,18H2,1-2H3,(H,40,41). The number of aromatic nitrogens is 3. The topological polar surface area (TPSA) is 101 Å². The van der Waals surface area contributed by atoms with Crippen molar-refractivity contribution in [2.75, 3.05) is 0 Å². The summed E-state index contributed by atoms with van der Waals surface area (Å²) in [6.07, 6.45) is 5.83. The van der Waals surface area contributed by atoms with Gasteiger partial charge in [0.2, 0.25) is 0 Å². The van der Waals surface area contributed by atoms with E-state index in [9.17, 15) is 14.7 Å². The Labute approximate surface area is 237 Å². The summed E-state index contributed by atoms with van der Waals surface area (Å²) >= 11 is 0. The highest BCUT2D eigenvalue weighted by Gasteiger charge is 2.37. The molecule has 0 fully saturated rings. The molecule has 5 aromatic rings. The Kier molecular flexibility index (Phi) is 6.73. The molecule has 0 radical (unpaired) electrons. The third-order valence-corrected chi connectivity index (χ3v) is 7.20. The van der Waals surface area contributed by atoms with Gasteiger partial charge in [-0.15, -0.1) is 0 Å². The van der Waals surface area contributed by atoms with Gasteiger partial charge in [-0.3, -0.25) is 9.78 Å². The minimum absolute atomic E-state index is 0.0408. The number of carbonyl (C=O) groups excluding carboxylic acids is 1. The van der Waals surface area contributed by atoms with Crippen molar-refractivity contribution in [2.24, 2.45) is 5.10 Å². The van der Waals surface area contributed by atoms with Crippen molar-refractivity contribution >= 4 is 17.6 Å². The Hall–Kier alpha value is -5.37. The summed E-state index contributed by atoms with van der Waals surface area (Å²) in [5.74, 6) is -1.48. The average Bonchev–Trinajstić information content (AvgIpc) is 3.63. The van der Waals surface area contributed by atoms with E-state index in [1.807, 2.05) is 80.7 Å². The van der Waals surface area contributed by atoms with Crippen LogP contribution in [0.4, 0.5) is 0 Å². The van der Waals surface area contributed by atoms with E-state index in [0.29, 0.717) is 6.42 Å². The fourth-order valence-electron chi connectivity index (χ4n) is 4.97. The number of hydrazone groups is 1. The number of carboxylic acids is 1. The van der Waals surface area contributed by atoms with Gasteiger partial charge in [-0.25, -0.2) is 14.5 Å². The summed E-state index contributed by atoms with van der Waals surface area (Å²) in [7, 11) is 0. The summed E-state index contributed by atoms with van der Waals surface area (Å²) in [4.78, 5) is 29.9. The minimum atomic E-state index is -1.10. The van der Waals surface area contributed by atoms with E-state index in [1.165, 1.54) is 17.1 Å². The van der Waals surface area contributed by atoms with Crippen molar-refractivity contribution in [1.29, 1.82) is 0 Å². The number of nitrogens with zero attached hydrogens (tertiary/aromatic N) is 5. The summed E-state index contributed by atoms with van der Waals surface area (Å²) in [5, 5.41) is 20.8. The van der Waals surface area contributed by atoms with Crippen LogP contribution in [0, 0.1) is 13.8 Å².